The number of benzene rings is 1. The summed E-state index contributed by atoms with van der Waals surface area (Å²) in [5, 5.41) is 1.83. The van der Waals surface area contributed by atoms with Gasteiger partial charge in [0.25, 0.3) is 0 Å². The maximum absolute atomic E-state index is 12.0. The smallest absolute Gasteiger partial charge is 0.337 e. The molecule has 0 unspecified atom stereocenters. The molecule has 1 aromatic heterocycles. The van der Waals surface area contributed by atoms with Crippen LogP contribution in [0.15, 0.2) is 41.8 Å². The molecule has 1 heterocycles. The number of thiophene rings is 1. The van der Waals surface area contributed by atoms with Crippen LogP contribution in [0.5, 0.6) is 0 Å². The van der Waals surface area contributed by atoms with E-state index < -0.39 is 5.97 Å². The molecule has 0 aliphatic heterocycles. The zero-order valence-electron chi connectivity index (χ0n) is 11.5. The van der Waals surface area contributed by atoms with Gasteiger partial charge in [-0.2, -0.15) is 0 Å². The Morgan fingerprint density at radius 1 is 0.952 bits per heavy atom. The van der Waals surface area contributed by atoms with E-state index in [1.54, 1.807) is 30.3 Å². The highest BCUT2D eigenvalue weighted by atomic mass is 32.1. The summed E-state index contributed by atoms with van der Waals surface area (Å²) in [6.45, 7) is 0. The molecular weight excluding hydrogens is 288 g/mol. The fourth-order valence-corrected chi connectivity index (χ4v) is 2.54. The van der Waals surface area contributed by atoms with Crippen molar-refractivity contribution in [3.63, 3.8) is 0 Å². The first kappa shape index (κ1) is 15.1. The lowest BCUT2D eigenvalue weighted by Crippen LogP contribution is -2.05. The molecule has 2 rings (SSSR count). The molecule has 0 aliphatic carbocycles. The Balaban J connectivity index is 1.94. The van der Waals surface area contributed by atoms with Crippen molar-refractivity contribution < 1.29 is 19.1 Å². The van der Waals surface area contributed by atoms with Crippen LogP contribution >= 0.6 is 11.3 Å². The maximum Gasteiger partial charge on any atom is 0.337 e. The fraction of sp³-hybridized carbons (Fsp3) is 0.188. The van der Waals surface area contributed by atoms with Crippen molar-refractivity contribution in [2.45, 2.75) is 12.8 Å². The standard InChI is InChI=1S/C16H14O4S/c1-20-16(19)12-6-4-11(5-7-12)13(17)8-9-14(18)15-3-2-10-21-15/h2-7,10H,8-9H2,1H3. The maximum atomic E-state index is 12.0. The molecule has 0 saturated carbocycles. The molecule has 0 N–H and O–H groups in total. The van der Waals surface area contributed by atoms with Gasteiger partial charge in [-0.1, -0.05) is 18.2 Å². The highest BCUT2D eigenvalue weighted by Crippen LogP contribution is 2.14. The summed E-state index contributed by atoms with van der Waals surface area (Å²) in [5.74, 6) is -0.581. The molecule has 0 bridgehead atoms. The van der Waals surface area contributed by atoms with E-state index in [1.807, 2.05) is 11.4 Å². The third kappa shape index (κ3) is 3.86. The Morgan fingerprint density at radius 2 is 1.57 bits per heavy atom. The molecule has 1 aromatic carbocycles. The van der Waals surface area contributed by atoms with Crippen LogP contribution in [0.3, 0.4) is 0 Å². The van der Waals surface area contributed by atoms with E-state index in [4.69, 9.17) is 0 Å². The fourth-order valence-electron chi connectivity index (χ4n) is 1.84. The molecule has 0 aliphatic rings. The summed E-state index contributed by atoms with van der Waals surface area (Å²) in [4.78, 5) is 35.8. The van der Waals surface area contributed by atoms with Gasteiger partial charge in [0, 0.05) is 18.4 Å². The SMILES string of the molecule is COC(=O)c1ccc(C(=O)CCC(=O)c2cccs2)cc1. The number of Topliss-reactive ketones (excluding diaryl/α,β-unsaturated/α-hetero) is 2. The lowest BCUT2D eigenvalue weighted by atomic mass is 10.0. The first-order chi connectivity index (χ1) is 10.1. The number of hydrogen-bond donors (Lipinski definition) is 0. The quantitative estimate of drug-likeness (QED) is 0.606. The molecule has 0 amide bonds. The number of methoxy groups -OCH3 is 1. The zero-order valence-corrected chi connectivity index (χ0v) is 12.3. The van der Waals surface area contributed by atoms with Crippen molar-refractivity contribution in [2.24, 2.45) is 0 Å². The van der Waals surface area contributed by atoms with Gasteiger partial charge in [0.2, 0.25) is 0 Å². The van der Waals surface area contributed by atoms with Gasteiger partial charge in [0.15, 0.2) is 11.6 Å². The number of ether oxygens (including phenoxy) is 1. The third-order valence-corrected chi connectivity index (χ3v) is 3.91. The summed E-state index contributed by atoms with van der Waals surface area (Å²) in [6.07, 6.45) is 0.354. The highest BCUT2D eigenvalue weighted by molar-refractivity contribution is 7.12. The molecule has 0 radical (unpaired) electrons. The number of rotatable bonds is 6. The van der Waals surface area contributed by atoms with Crippen molar-refractivity contribution in [1.29, 1.82) is 0 Å². The minimum absolute atomic E-state index is 0.0236. The largest absolute Gasteiger partial charge is 0.465 e. The van der Waals surface area contributed by atoms with Crippen LogP contribution in [-0.2, 0) is 4.74 Å². The zero-order chi connectivity index (χ0) is 15.2. The van der Waals surface area contributed by atoms with E-state index in [0.717, 1.165) is 0 Å². The van der Waals surface area contributed by atoms with E-state index >= 15 is 0 Å². The molecule has 0 fully saturated rings. The van der Waals surface area contributed by atoms with Crippen molar-refractivity contribution in [2.75, 3.05) is 7.11 Å². The monoisotopic (exact) mass is 302 g/mol. The van der Waals surface area contributed by atoms with Gasteiger partial charge in [0.05, 0.1) is 17.6 Å². The second-order valence-electron chi connectivity index (χ2n) is 4.39. The minimum atomic E-state index is -0.443. The summed E-state index contributed by atoms with van der Waals surface area (Å²) < 4.78 is 4.59. The van der Waals surface area contributed by atoms with Crippen molar-refractivity contribution in [3.05, 3.63) is 57.8 Å². The van der Waals surface area contributed by atoms with Crippen LogP contribution in [0.1, 0.15) is 43.2 Å². The molecule has 0 spiro atoms. The number of carbonyl (C=O) groups is 3. The van der Waals surface area contributed by atoms with E-state index in [2.05, 4.69) is 4.74 Å². The summed E-state index contributed by atoms with van der Waals surface area (Å²) in [5.41, 5.74) is 0.880. The summed E-state index contributed by atoms with van der Waals surface area (Å²) in [6, 6.07) is 9.79. The first-order valence-electron chi connectivity index (χ1n) is 6.40. The van der Waals surface area contributed by atoms with Crippen LogP contribution in [0.2, 0.25) is 0 Å². The lowest BCUT2D eigenvalue weighted by molar-refractivity contribution is 0.0600. The number of carbonyl (C=O) groups excluding carboxylic acids is 3. The molecule has 4 nitrogen and oxygen atoms in total. The number of ketones is 2. The second kappa shape index (κ2) is 6.95. The average molecular weight is 302 g/mol. The predicted octanol–water partition coefficient (Wildman–Crippen LogP) is 3.38. The topological polar surface area (TPSA) is 60.4 Å². The molecular formula is C16H14O4S. The lowest BCUT2D eigenvalue weighted by Gasteiger charge is -2.02. The van der Waals surface area contributed by atoms with Crippen LogP contribution in [0, 0.1) is 0 Å². The van der Waals surface area contributed by atoms with E-state index in [-0.39, 0.29) is 24.4 Å². The molecule has 108 valence electrons. The van der Waals surface area contributed by atoms with Crippen LogP contribution < -0.4 is 0 Å². The van der Waals surface area contributed by atoms with E-state index in [9.17, 15) is 14.4 Å². The second-order valence-corrected chi connectivity index (χ2v) is 5.34. The predicted molar refractivity (Wildman–Crippen MR) is 80.0 cm³/mol. The number of esters is 1. The Kier molecular flexibility index (Phi) is 5.00. The molecule has 0 atom stereocenters. The Labute approximate surface area is 126 Å². The first-order valence-corrected chi connectivity index (χ1v) is 7.28. The van der Waals surface area contributed by atoms with Crippen molar-refractivity contribution >= 4 is 28.9 Å². The molecule has 5 heteroatoms. The van der Waals surface area contributed by atoms with Crippen LogP contribution in [0.4, 0.5) is 0 Å². The Bertz CT molecular complexity index is 641. The summed E-state index contributed by atoms with van der Waals surface area (Å²) >= 11 is 1.37. The summed E-state index contributed by atoms with van der Waals surface area (Å²) in [7, 11) is 1.30. The van der Waals surface area contributed by atoms with Gasteiger partial charge in [-0.15, -0.1) is 11.3 Å². The van der Waals surface area contributed by atoms with Gasteiger partial charge in [-0.3, -0.25) is 9.59 Å². The van der Waals surface area contributed by atoms with E-state index in [1.165, 1.54) is 18.4 Å². The van der Waals surface area contributed by atoms with E-state index in [0.29, 0.717) is 16.0 Å². The van der Waals surface area contributed by atoms with Crippen LogP contribution in [-0.4, -0.2) is 24.6 Å². The van der Waals surface area contributed by atoms with Gasteiger partial charge in [-0.05, 0) is 23.6 Å². The van der Waals surface area contributed by atoms with Gasteiger partial charge >= 0.3 is 5.97 Å². The minimum Gasteiger partial charge on any atom is -0.465 e. The molecule has 2 aromatic rings. The van der Waals surface area contributed by atoms with Gasteiger partial charge in [0.1, 0.15) is 0 Å². The third-order valence-electron chi connectivity index (χ3n) is 3.00. The van der Waals surface area contributed by atoms with Gasteiger partial charge < -0.3 is 4.74 Å². The van der Waals surface area contributed by atoms with Crippen molar-refractivity contribution in [3.8, 4) is 0 Å². The molecule has 21 heavy (non-hydrogen) atoms. The normalized spacial score (nSPS) is 10.1. The highest BCUT2D eigenvalue weighted by Gasteiger charge is 2.12. The van der Waals surface area contributed by atoms with Crippen molar-refractivity contribution in [1.82, 2.24) is 0 Å². The molecule has 0 saturated heterocycles. The Hall–Kier alpha value is -2.27. The van der Waals surface area contributed by atoms with Crippen LogP contribution in [0.25, 0.3) is 0 Å². The van der Waals surface area contributed by atoms with Gasteiger partial charge in [-0.25, -0.2) is 4.79 Å². The Morgan fingerprint density at radius 3 is 2.14 bits per heavy atom. The average Bonchev–Trinajstić information content (AvgIpc) is 3.06. The number of hydrogen-bond acceptors (Lipinski definition) is 5.